The average Bonchev–Trinajstić information content (AvgIpc) is 2.79. The van der Waals surface area contributed by atoms with E-state index in [1.807, 2.05) is 43.0 Å². The van der Waals surface area contributed by atoms with Crippen LogP contribution in [-0.4, -0.2) is 65.1 Å². The number of rotatable bonds is 6. The van der Waals surface area contributed by atoms with Gasteiger partial charge in [-0.2, -0.15) is 0 Å². The first-order valence-corrected chi connectivity index (χ1v) is 12.0. The number of fused-ring (bicyclic) bond motifs is 1. The van der Waals surface area contributed by atoms with Crippen LogP contribution in [0.4, 0.5) is 16.4 Å². The number of nitrogens with one attached hydrogen (secondary N) is 2. The Balaban J connectivity index is 1.52. The molecule has 1 saturated heterocycles. The number of aromatic nitrogens is 2. The maximum atomic E-state index is 13.7. The van der Waals surface area contributed by atoms with E-state index in [1.165, 1.54) is 6.33 Å². The Kier molecular flexibility index (Phi) is 7.23. The van der Waals surface area contributed by atoms with E-state index < -0.39 is 12.2 Å². The van der Waals surface area contributed by atoms with Crippen LogP contribution in [0.3, 0.4) is 0 Å². The number of carbonyl (C=O) groups is 2. The minimum Gasteiger partial charge on any atom is -0.441 e. The van der Waals surface area contributed by atoms with E-state index in [-0.39, 0.29) is 23.9 Å². The summed E-state index contributed by atoms with van der Waals surface area (Å²) in [6.45, 7) is 10.3. The number of amides is 2. The van der Waals surface area contributed by atoms with E-state index >= 15 is 0 Å². The highest BCUT2D eigenvalue weighted by atomic mass is 35.5. The monoisotopic (exact) mass is 486 g/mol. The Hall–Kier alpha value is -2.91. The summed E-state index contributed by atoms with van der Waals surface area (Å²) in [6.07, 6.45) is 0.478. The van der Waals surface area contributed by atoms with Crippen LogP contribution < -0.4 is 15.5 Å². The summed E-state index contributed by atoms with van der Waals surface area (Å²) in [5.41, 5.74) is 1.71. The van der Waals surface area contributed by atoms with Crippen LogP contribution in [0.5, 0.6) is 0 Å². The Bertz CT molecular complexity index is 1050. The van der Waals surface area contributed by atoms with Gasteiger partial charge in [-0.05, 0) is 31.5 Å². The second-order valence-electron chi connectivity index (χ2n) is 9.13. The number of halogens is 1. The van der Waals surface area contributed by atoms with Gasteiger partial charge in [0.1, 0.15) is 24.1 Å². The van der Waals surface area contributed by atoms with Gasteiger partial charge in [-0.15, -0.1) is 0 Å². The van der Waals surface area contributed by atoms with Crippen molar-refractivity contribution in [2.24, 2.45) is 0 Å². The first-order chi connectivity index (χ1) is 16.2. The van der Waals surface area contributed by atoms with Gasteiger partial charge in [-0.25, -0.2) is 14.8 Å². The summed E-state index contributed by atoms with van der Waals surface area (Å²) < 4.78 is 5.33. The quantitative estimate of drug-likeness (QED) is 0.643. The third kappa shape index (κ3) is 5.10. The number of hydrogen-bond donors (Lipinski definition) is 2. The molecule has 3 heterocycles. The maximum absolute atomic E-state index is 13.7. The predicted octanol–water partition coefficient (Wildman–Crippen LogP) is 3.57. The van der Waals surface area contributed by atoms with Crippen molar-refractivity contribution in [3.63, 3.8) is 0 Å². The molecule has 9 nitrogen and oxygen atoms in total. The fourth-order valence-corrected chi connectivity index (χ4v) is 4.66. The summed E-state index contributed by atoms with van der Waals surface area (Å²) in [5.74, 6) is 0.995. The molecule has 0 radical (unpaired) electrons. The standard InChI is InChI=1S/C24H31ClN6O3/c1-14(2)26-11-19(17-5-7-18(25)8-6-17)23(32)31-10-9-30(12-15(31)3)22-20-16(4)34-24(33)29-21(20)27-13-28-22/h5-8,13-16,19,26H,9-12H2,1-4H3,(H,27,28,29,33)/t15-,16+,19-/m1/s1. The number of carbonyl (C=O) groups excluding carboxylic acids is 2. The normalized spacial score (nSPS) is 21.1. The number of ether oxygens (including phenoxy) is 1. The van der Waals surface area contributed by atoms with E-state index in [0.29, 0.717) is 37.0 Å². The van der Waals surface area contributed by atoms with Gasteiger partial charge in [0, 0.05) is 43.3 Å². The molecule has 2 N–H and O–H groups in total. The van der Waals surface area contributed by atoms with E-state index in [2.05, 4.69) is 39.3 Å². The summed E-state index contributed by atoms with van der Waals surface area (Å²) in [4.78, 5) is 38.2. The first-order valence-electron chi connectivity index (χ1n) is 11.6. The SMILES string of the molecule is CC(C)NC[C@@H](C(=O)N1CCN(c2ncnc3c2[C@H](C)OC(=O)N3)C[C@H]1C)c1ccc(Cl)cc1. The highest BCUT2D eigenvalue weighted by Gasteiger charge is 2.36. The third-order valence-corrected chi connectivity index (χ3v) is 6.54. The molecule has 1 aromatic carbocycles. The highest BCUT2D eigenvalue weighted by molar-refractivity contribution is 6.30. The molecule has 0 unspecified atom stereocenters. The van der Waals surface area contributed by atoms with Crippen LogP contribution in [0.25, 0.3) is 0 Å². The summed E-state index contributed by atoms with van der Waals surface area (Å²) >= 11 is 6.08. The molecule has 0 bridgehead atoms. The van der Waals surface area contributed by atoms with Crippen LogP contribution in [0, 0.1) is 0 Å². The molecule has 3 atom stereocenters. The number of nitrogens with zero attached hydrogens (tertiary/aromatic N) is 4. The number of cyclic esters (lactones) is 1. The van der Waals surface area contributed by atoms with Crippen molar-refractivity contribution in [3.8, 4) is 0 Å². The van der Waals surface area contributed by atoms with Crippen molar-refractivity contribution >= 4 is 35.2 Å². The second-order valence-corrected chi connectivity index (χ2v) is 9.56. The number of hydrogen-bond acceptors (Lipinski definition) is 7. The Morgan fingerprint density at radius 2 is 1.97 bits per heavy atom. The summed E-state index contributed by atoms with van der Waals surface area (Å²) in [6, 6.07) is 7.75. The van der Waals surface area contributed by atoms with Gasteiger partial charge in [0.25, 0.3) is 0 Å². The lowest BCUT2D eigenvalue weighted by Gasteiger charge is -2.42. The number of benzene rings is 1. The summed E-state index contributed by atoms with van der Waals surface area (Å²) in [5, 5.41) is 6.71. The first kappa shape index (κ1) is 24.2. The van der Waals surface area contributed by atoms with E-state index in [0.717, 1.165) is 16.9 Å². The second kappa shape index (κ2) is 10.1. The molecule has 1 aromatic heterocycles. The van der Waals surface area contributed by atoms with Gasteiger partial charge in [0.05, 0.1) is 11.5 Å². The highest BCUT2D eigenvalue weighted by Crippen LogP contribution is 2.36. The zero-order valence-corrected chi connectivity index (χ0v) is 20.7. The Morgan fingerprint density at radius 1 is 1.24 bits per heavy atom. The molecular weight excluding hydrogens is 456 g/mol. The molecule has 0 aliphatic carbocycles. The molecule has 10 heteroatoms. The number of anilines is 2. The summed E-state index contributed by atoms with van der Waals surface area (Å²) in [7, 11) is 0. The van der Waals surface area contributed by atoms with Crippen LogP contribution >= 0.6 is 11.6 Å². The van der Waals surface area contributed by atoms with E-state index in [9.17, 15) is 9.59 Å². The lowest BCUT2D eigenvalue weighted by molar-refractivity contribution is -0.135. The largest absolute Gasteiger partial charge is 0.441 e. The molecule has 0 spiro atoms. The van der Waals surface area contributed by atoms with Gasteiger partial charge in [-0.3, -0.25) is 10.1 Å². The van der Waals surface area contributed by atoms with E-state index in [4.69, 9.17) is 16.3 Å². The van der Waals surface area contributed by atoms with Crippen molar-refractivity contribution in [1.82, 2.24) is 20.2 Å². The van der Waals surface area contributed by atoms with Gasteiger partial charge in [0.2, 0.25) is 5.91 Å². The molecule has 2 amide bonds. The van der Waals surface area contributed by atoms with Gasteiger partial charge >= 0.3 is 6.09 Å². The van der Waals surface area contributed by atoms with E-state index in [1.54, 1.807) is 0 Å². The lowest BCUT2D eigenvalue weighted by atomic mass is 9.95. The molecule has 1 fully saturated rings. The predicted molar refractivity (Wildman–Crippen MR) is 131 cm³/mol. The fraction of sp³-hybridized carbons (Fsp3) is 0.500. The molecule has 0 saturated carbocycles. The Labute approximate surface area is 204 Å². The average molecular weight is 487 g/mol. The minimum absolute atomic E-state index is 0.0323. The van der Waals surface area contributed by atoms with Crippen LogP contribution in [0.2, 0.25) is 5.02 Å². The number of piperazine rings is 1. The van der Waals surface area contributed by atoms with Gasteiger partial charge < -0.3 is 19.9 Å². The molecule has 4 rings (SSSR count). The van der Waals surface area contributed by atoms with Crippen molar-refractivity contribution in [3.05, 3.63) is 46.7 Å². The van der Waals surface area contributed by atoms with Crippen LogP contribution in [0.15, 0.2) is 30.6 Å². The molecular formula is C24H31ClN6O3. The molecule has 2 aromatic rings. The molecule has 182 valence electrons. The topological polar surface area (TPSA) is 99.7 Å². The van der Waals surface area contributed by atoms with Gasteiger partial charge in [0.15, 0.2) is 0 Å². The van der Waals surface area contributed by atoms with Crippen molar-refractivity contribution in [1.29, 1.82) is 0 Å². The van der Waals surface area contributed by atoms with Crippen LogP contribution in [0.1, 0.15) is 50.8 Å². The van der Waals surface area contributed by atoms with Crippen molar-refractivity contribution in [2.45, 2.75) is 51.8 Å². The van der Waals surface area contributed by atoms with Gasteiger partial charge in [-0.1, -0.05) is 37.6 Å². The Morgan fingerprint density at radius 3 is 2.65 bits per heavy atom. The minimum atomic E-state index is -0.517. The molecule has 2 aliphatic rings. The van der Waals surface area contributed by atoms with Crippen LogP contribution in [-0.2, 0) is 9.53 Å². The molecule has 2 aliphatic heterocycles. The zero-order valence-electron chi connectivity index (χ0n) is 19.9. The smallest absolute Gasteiger partial charge is 0.413 e. The fourth-order valence-electron chi connectivity index (χ4n) is 4.53. The maximum Gasteiger partial charge on any atom is 0.413 e. The van der Waals surface area contributed by atoms with Crippen molar-refractivity contribution < 1.29 is 14.3 Å². The zero-order chi connectivity index (χ0) is 24.4. The van der Waals surface area contributed by atoms with Crippen molar-refractivity contribution in [2.75, 3.05) is 36.4 Å². The lowest BCUT2D eigenvalue weighted by Crippen LogP contribution is -2.56. The third-order valence-electron chi connectivity index (χ3n) is 6.28. The molecule has 34 heavy (non-hydrogen) atoms.